The third kappa shape index (κ3) is 3.72. The van der Waals surface area contributed by atoms with E-state index in [0.29, 0.717) is 0 Å². The lowest BCUT2D eigenvalue weighted by atomic mass is 9.99. The number of nitrogens with zero attached hydrogens (tertiary/aromatic N) is 1. The average Bonchev–Trinajstić information content (AvgIpc) is 2.35. The molecule has 3 heteroatoms. The Balaban J connectivity index is 2.06. The summed E-state index contributed by atoms with van der Waals surface area (Å²) < 4.78 is 0. The molecule has 1 atom stereocenters. The van der Waals surface area contributed by atoms with Crippen LogP contribution in [0.2, 0.25) is 5.02 Å². The summed E-state index contributed by atoms with van der Waals surface area (Å²) in [4.78, 5) is 2.60. The largest absolute Gasteiger partial charge is 0.296 e. The molecule has 2 rings (SSSR count). The molecule has 0 bridgehead atoms. The molecule has 1 heterocycles. The molecule has 18 heavy (non-hydrogen) atoms. The fourth-order valence-corrected chi connectivity index (χ4v) is 3.54. The number of benzene rings is 1. The van der Waals surface area contributed by atoms with Crippen LogP contribution in [0.1, 0.15) is 36.8 Å². The van der Waals surface area contributed by atoms with E-state index < -0.39 is 0 Å². The van der Waals surface area contributed by atoms with Crippen LogP contribution in [0.25, 0.3) is 0 Å². The van der Waals surface area contributed by atoms with Gasteiger partial charge in [-0.3, -0.25) is 4.90 Å². The zero-order chi connectivity index (χ0) is 13.0. The summed E-state index contributed by atoms with van der Waals surface area (Å²) >= 11 is 9.91. The van der Waals surface area contributed by atoms with Crippen molar-refractivity contribution in [3.05, 3.63) is 34.3 Å². The molecular weight excluding hydrogens is 310 g/mol. The Labute approximate surface area is 124 Å². The molecule has 0 spiro atoms. The second-order valence-electron chi connectivity index (χ2n) is 5.19. The van der Waals surface area contributed by atoms with E-state index in [2.05, 4.69) is 46.0 Å². The van der Waals surface area contributed by atoms with Crippen LogP contribution in [0.5, 0.6) is 0 Å². The van der Waals surface area contributed by atoms with Crippen molar-refractivity contribution in [3.8, 4) is 0 Å². The first-order valence-corrected chi connectivity index (χ1v) is 8.25. The fraction of sp³-hybridized carbons (Fsp3) is 0.600. The molecule has 1 fully saturated rings. The molecule has 0 aliphatic carbocycles. The van der Waals surface area contributed by atoms with Gasteiger partial charge in [0.2, 0.25) is 0 Å². The highest BCUT2D eigenvalue weighted by Gasteiger charge is 2.22. The summed E-state index contributed by atoms with van der Waals surface area (Å²) in [5.74, 6) is 0. The first kappa shape index (κ1) is 14.4. The SMILES string of the molecule is Cc1ccc(CN2CCCCC2CCBr)c(Cl)c1. The van der Waals surface area contributed by atoms with Crippen molar-refractivity contribution in [2.75, 3.05) is 11.9 Å². The molecule has 1 aliphatic rings. The van der Waals surface area contributed by atoms with Crippen LogP contribution in [0.15, 0.2) is 18.2 Å². The number of alkyl halides is 1. The molecule has 100 valence electrons. The van der Waals surface area contributed by atoms with Crippen LogP contribution in [0.3, 0.4) is 0 Å². The number of rotatable bonds is 4. The number of hydrogen-bond donors (Lipinski definition) is 0. The first-order chi connectivity index (χ1) is 8.70. The Morgan fingerprint density at radius 1 is 1.39 bits per heavy atom. The summed E-state index contributed by atoms with van der Waals surface area (Å²) in [5, 5.41) is 2.01. The predicted octanol–water partition coefficient (Wildman–Crippen LogP) is 4.79. The quantitative estimate of drug-likeness (QED) is 0.718. The summed E-state index contributed by atoms with van der Waals surface area (Å²) in [6.07, 6.45) is 5.26. The number of piperidine rings is 1. The van der Waals surface area contributed by atoms with Crippen LogP contribution in [0, 0.1) is 6.92 Å². The van der Waals surface area contributed by atoms with Gasteiger partial charge in [-0.25, -0.2) is 0 Å². The van der Waals surface area contributed by atoms with Gasteiger partial charge in [0, 0.05) is 22.9 Å². The zero-order valence-electron chi connectivity index (χ0n) is 11.0. The standard InChI is InChI=1S/C15H21BrClN/c1-12-5-6-13(15(17)10-12)11-18-9-3-2-4-14(18)7-8-16/h5-6,10,14H,2-4,7-9,11H2,1H3. The number of aryl methyl sites for hydroxylation is 1. The summed E-state index contributed by atoms with van der Waals surface area (Å²) in [7, 11) is 0. The molecular formula is C15H21BrClN. The Morgan fingerprint density at radius 2 is 2.22 bits per heavy atom. The molecule has 1 saturated heterocycles. The van der Waals surface area contributed by atoms with Gasteiger partial charge in [0.15, 0.2) is 0 Å². The van der Waals surface area contributed by atoms with Gasteiger partial charge in [-0.05, 0) is 49.9 Å². The smallest absolute Gasteiger partial charge is 0.0453 e. The van der Waals surface area contributed by atoms with Gasteiger partial charge in [0.25, 0.3) is 0 Å². The number of hydrogen-bond acceptors (Lipinski definition) is 1. The Kier molecular flexibility index (Phi) is 5.53. The highest BCUT2D eigenvalue weighted by molar-refractivity contribution is 9.09. The van der Waals surface area contributed by atoms with Crippen LogP contribution >= 0.6 is 27.5 Å². The Hall–Kier alpha value is -0.0500. The highest BCUT2D eigenvalue weighted by atomic mass is 79.9. The summed E-state index contributed by atoms with van der Waals surface area (Å²) in [6.45, 7) is 4.29. The topological polar surface area (TPSA) is 3.24 Å². The maximum absolute atomic E-state index is 6.34. The lowest BCUT2D eigenvalue weighted by Crippen LogP contribution is -2.39. The summed E-state index contributed by atoms with van der Waals surface area (Å²) in [5.41, 5.74) is 2.50. The first-order valence-electron chi connectivity index (χ1n) is 6.75. The zero-order valence-corrected chi connectivity index (χ0v) is 13.3. The molecule has 1 unspecified atom stereocenters. The second-order valence-corrected chi connectivity index (χ2v) is 6.39. The lowest BCUT2D eigenvalue weighted by molar-refractivity contribution is 0.137. The van der Waals surface area contributed by atoms with E-state index in [1.807, 2.05) is 0 Å². The minimum absolute atomic E-state index is 0.718. The molecule has 0 saturated carbocycles. The van der Waals surface area contributed by atoms with E-state index in [9.17, 15) is 0 Å². The minimum Gasteiger partial charge on any atom is -0.296 e. The Bertz CT molecular complexity index is 392. The molecule has 1 aliphatic heterocycles. The maximum Gasteiger partial charge on any atom is 0.0453 e. The van der Waals surface area contributed by atoms with Gasteiger partial charge >= 0.3 is 0 Å². The van der Waals surface area contributed by atoms with Crippen LogP contribution < -0.4 is 0 Å². The third-order valence-electron chi connectivity index (χ3n) is 3.77. The Morgan fingerprint density at radius 3 is 2.94 bits per heavy atom. The fourth-order valence-electron chi connectivity index (χ4n) is 2.72. The van der Waals surface area contributed by atoms with Crippen molar-refractivity contribution >= 4 is 27.5 Å². The van der Waals surface area contributed by atoms with Crippen LogP contribution in [0.4, 0.5) is 0 Å². The molecule has 0 amide bonds. The van der Waals surface area contributed by atoms with Crippen molar-refractivity contribution in [3.63, 3.8) is 0 Å². The molecule has 0 aromatic heterocycles. The van der Waals surface area contributed by atoms with Crippen LogP contribution in [-0.2, 0) is 6.54 Å². The van der Waals surface area contributed by atoms with Gasteiger partial charge in [0.05, 0.1) is 0 Å². The van der Waals surface area contributed by atoms with Crippen molar-refractivity contribution in [1.29, 1.82) is 0 Å². The van der Waals surface area contributed by atoms with E-state index in [1.54, 1.807) is 0 Å². The monoisotopic (exact) mass is 329 g/mol. The van der Waals surface area contributed by atoms with Gasteiger partial charge in [0.1, 0.15) is 0 Å². The lowest BCUT2D eigenvalue weighted by Gasteiger charge is -2.35. The molecule has 1 aromatic carbocycles. The summed E-state index contributed by atoms with van der Waals surface area (Å²) in [6, 6.07) is 7.12. The molecule has 1 aromatic rings. The normalized spacial score (nSPS) is 21.2. The van der Waals surface area contributed by atoms with E-state index in [1.165, 1.54) is 43.4 Å². The van der Waals surface area contributed by atoms with E-state index >= 15 is 0 Å². The van der Waals surface area contributed by atoms with Gasteiger partial charge in [-0.2, -0.15) is 0 Å². The molecule has 0 radical (unpaired) electrons. The molecule has 0 N–H and O–H groups in total. The number of halogens is 2. The van der Waals surface area contributed by atoms with Gasteiger partial charge < -0.3 is 0 Å². The van der Waals surface area contributed by atoms with E-state index in [4.69, 9.17) is 11.6 Å². The van der Waals surface area contributed by atoms with Crippen molar-refractivity contribution in [2.24, 2.45) is 0 Å². The van der Waals surface area contributed by atoms with E-state index in [-0.39, 0.29) is 0 Å². The van der Waals surface area contributed by atoms with Crippen molar-refractivity contribution in [2.45, 2.75) is 45.2 Å². The predicted molar refractivity (Wildman–Crippen MR) is 82.6 cm³/mol. The molecule has 1 nitrogen and oxygen atoms in total. The van der Waals surface area contributed by atoms with Gasteiger partial charge in [-0.15, -0.1) is 0 Å². The highest BCUT2D eigenvalue weighted by Crippen LogP contribution is 2.25. The van der Waals surface area contributed by atoms with Crippen molar-refractivity contribution in [1.82, 2.24) is 4.90 Å². The second kappa shape index (κ2) is 6.93. The van der Waals surface area contributed by atoms with Crippen molar-refractivity contribution < 1.29 is 0 Å². The van der Waals surface area contributed by atoms with Crippen LogP contribution in [-0.4, -0.2) is 22.8 Å². The average molecular weight is 331 g/mol. The third-order valence-corrected chi connectivity index (χ3v) is 4.58. The minimum atomic E-state index is 0.718. The number of likely N-dealkylation sites (tertiary alicyclic amines) is 1. The van der Waals surface area contributed by atoms with Gasteiger partial charge in [-0.1, -0.05) is 46.1 Å². The van der Waals surface area contributed by atoms with E-state index in [0.717, 1.165) is 22.9 Å². The maximum atomic E-state index is 6.34.